The first kappa shape index (κ1) is 16.9. The Bertz CT molecular complexity index is 590. The van der Waals surface area contributed by atoms with Gasteiger partial charge in [-0.1, -0.05) is 11.6 Å². The number of anilines is 1. The Balaban J connectivity index is 2.91. The van der Waals surface area contributed by atoms with Crippen molar-refractivity contribution in [2.24, 2.45) is 0 Å². The summed E-state index contributed by atoms with van der Waals surface area (Å²) in [7, 11) is -1.87. The summed E-state index contributed by atoms with van der Waals surface area (Å²) in [4.78, 5) is 11.0. The fourth-order valence-electron chi connectivity index (χ4n) is 1.37. The molecule has 0 aromatic heterocycles. The van der Waals surface area contributed by atoms with E-state index in [1.807, 2.05) is 6.92 Å². The van der Waals surface area contributed by atoms with Crippen LogP contribution in [0.5, 0.6) is 0 Å². The molecule has 0 radical (unpaired) electrons. The average Bonchev–Trinajstić information content (AvgIpc) is 2.37. The third-order valence-corrected chi connectivity index (χ3v) is 4.37. The Hall–Kier alpha value is -1.15. The smallest absolute Gasteiger partial charge is 0.240 e. The van der Waals surface area contributed by atoms with Crippen molar-refractivity contribution in [2.75, 3.05) is 18.9 Å². The standard InChI is InChI=1S/C12H18ClN3O3S/c1-8(14-3)7-15-20(18,19)10-4-5-12(11(13)6-10)16-9(2)17/h4-6,8,14-15H,7H2,1-3H3,(H,16,17). The van der Waals surface area contributed by atoms with Crippen molar-refractivity contribution in [2.45, 2.75) is 24.8 Å². The van der Waals surface area contributed by atoms with Gasteiger partial charge in [0.25, 0.3) is 0 Å². The van der Waals surface area contributed by atoms with Crippen molar-refractivity contribution in [3.8, 4) is 0 Å². The van der Waals surface area contributed by atoms with Crippen molar-refractivity contribution >= 4 is 33.2 Å². The number of amides is 1. The highest BCUT2D eigenvalue weighted by Gasteiger charge is 2.16. The first-order chi connectivity index (χ1) is 9.26. The maximum atomic E-state index is 12.1. The quantitative estimate of drug-likeness (QED) is 0.735. The second-order valence-electron chi connectivity index (χ2n) is 4.36. The molecule has 1 rings (SSSR count). The van der Waals surface area contributed by atoms with Crippen molar-refractivity contribution in [3.63, 3.8) is 0 Å². The molecule has 1 unspecified atom stereocenters. The van der Waals surface area contributed by atoms with Crippen LogP contribution < -0.4 is 15.4 Å². The van der Waals surface area contributed by atoms with Gasteiger partial charge < -0.3 is 10.6 Å². The summed E-state index contributed by atoms with van der Waals surface area (Å²) < 4.78 is 26.6. The predicted molar refractivity (Wildman–Crippen MR) is 79.5 cm³/mol. The van der Waals surface area contributed by atoms with Crippen LogP contribution in [0.4, 0.5) is 5.69 Å². The molecule has 8 heteroatoms. The lowest BCUT2D eigenvalue weighted by molar-refractivity contribution is -0.114. The third-order valence-electron chi connectivity index (χ3n) is 2.63. The number of halogens is 1. The Labute approximate surface area is 123 Å². The van der Waals surface area contributed by atoms with Crippen LogP contribution in [0, 0.1) is 0 Å². The SMILES string of the molecule is CNC(C)CNS(=O)(=O)c1ccc(NC(C)=O)c(Cl)c1. The first-order valence-electron chi connectivity index (χ1n) is 6.00. The average molecular weight is 320 g/mol. The molecular formula is C12H18ClN3O3S. The molecule has 1 aromatic rings. The number of carbonyl (C=O) groups excluding carboxylic acids is 1. The maximum Gasteiger partial charge on any atom is 0.240 e. The summed E-state index contributed by atoms with van der Waals surface area (Å²) in [5, 5.41) is 5.62. The molecule has 0 aliphatic rings. The van der Waals surface area contributed by atoms with Gasteiger partial charge >= 0.3 is 0 Å². The van der Waals surface area contributed by atoms with E-state index in [2.05, 4.69) is 15.4 Å². The summed E-state index contributed by atoms with van der Waals surface area (Å²) in [6.07, 6.45) is 0. The van der Waals surface area contributed by atoms with Gasteiger partial charge in [-0.05, 0) is 32.2 Å². The van der Waals surface area contributed by atoms with Crippen LogP contribution in [0.25, 0.3) is 0 Å². The molecule has 1 amide bonds. The van der Waals surface area contributed by atoms with Crippen LogP contribution in [0.15, 0.2) is 23.1 Å². The van der Waals surface area contributed by atoms with E-state index in [0.717, 1.165) is 0 Å². The molecule has 112 valence electrons. The van der Waals surface area contributed by atoms with Gasteiger partial charge in [0.05, 0.1) is 15.6 Å². The Kier molecular flexibility index (Phi) is 5.94. The number of benzene rings is 1. The number of rotatable bonds is 6. The lowest BCUT2D eigenvalue weighted by atomic mass is 10.3. The molecule has 6 nitrogen and oxygen atoms in total. The Morgan fingerprint density at radius 1 is 1.40 bits per heavy atom. The Morgan fingerprint density at radius 3 is 2.55 bits per heavy atom. The maximum absolute atomic E-state index is 12.1. The highest BCUT2D eigenvalue weighted by atomic mass is 35.5. The molecule has 0 bridgehead atoms. The molecule has 1 atom stereocenters. The van der Waals surface area contributed by atoms with Crippen LogP contribution in [-0.2, 0) is 14.8 Å². The van der Waals surface area contributed by atoms with E-state index >= 15 is 0 Å². The van der Waals surface area contributed by atoms with Gasteiger partial charge in [-0.3, -0.25) is 4.79 Å². The zero-order chi connectivity index (χ0) is 15.3. The molecule has 0 saturated carbocycles. The minimum atomic E-state index is -3.62. The summed E-state index contributed by atoms with van der Waals surface area (Å²) in [5.41, 5.74) is 0.377. The van der Waals surface area contributed by atoms with E-state index in [1.165, 1.54) is 25.1 Å². The number of likely N-dealkylation sites (N-methyl/N-ethyl adjacent to an activating group) is 1. The van der Waals surface area contributed by atoms with Gasteiger partial charge in [-0.2, -0.15) is 0 Å². The fourth-order valence-corrected chi connectivity index (χ4v) is 2.82. The first-order valence-corrected chi connectivity index (χ1v) is 7.86. The molecule has 0 spiro atoms. The van der Waals surface area contributed by atoms with Gasteiger partial charge in [0.1, 0.15) is 0 Å². The van der Waals surface area contributed by atoms with Crippen LogP contribution in [0.1, 0.15) is 13.8 Å². The van der Waals surface area contributed by atoms with Crippen LogP contribution in [0.3, 0.4) is 0 Å². The largest absolute Gasteiger partial charge is 0.325 e. The summed E-state index contributed by atoms with van der Waals surface area (Å²) in [5.74, 6) is -0.275. The number of nitrogens with one attached hydrogen (secondary N) is 3. The van der Waals surface area contributed by atoms with E-state index in [0.29, 0.717) is 5.69 Å². The topological polar surface area (TPSA) is 87.3 Å². The van der Waals surface area contributed by atoms with E-state index < -0.39 is 10.0 Å². The normalized spacial score (nSPS) is 13.0. The van der Waals surface area contributed by atoms with E-state index in [-0.39, 0.29) is 28.4 Å². The van der Waals surface area contributed by atoms with Crippen molar-refractivity contribution in [1.29, 1.82) is 0 Å². The molecule has 3 N–H and O–H groups in total. The highest BCUT2D eigenvalue weighted by molar-refractivity contribution is 7.89. The van der Waals surface area contributed by atoms with Crippen molar-refractivity contribution in [3.05, 3.63) is 23.2 Å². The monoisotopic (exact) mass is 319 g/mol. The molecule has 0 fully saturated rings. The van der Waals surface area contributed by atoms with Crippen molar-refractivity contribution in [1.82, 2.24) is 10.0 Å². The van der Waals surface area contributed by atoms with Crippen LogP contribution in [-0.4, -0.2) is 34.0 Å². The summed E-state index contributed by atoms with van der Waals surface area (Å²) >= 11 is 5.95. The van der Waals surface area contributed by atoms with E-state index in [4.69, 9.17) is 11.6 Å². The van der Waals surface area contributed by atoms with Gasteiger partial charge in [0.2, 0.25) is 15.9 Å². The van der Waals surface area contributed by atoms with Gasteiger partial charge in [0.15, 0.2) is 0 Å². The zero-order valence-corrected chi connectivity index (χ0v) is 13.1. The number of carbonyl (C=O) groups is 1. The van der Waals surface area contributed by atoms with E-state index in [9.17, 15) is 13.2 Å². The second-order valence-corrected chi connectivity index (χ2v) is 6.54. The van der Waals surface area contributed by atoms with Crippen molar-refractivity contribution < 1.29 is 13.2 Å². The minimum absolute atomic E-state index is 0.0129. The lowest BCUT2D eigenvalue weighted by Crippen LogP contribution is -2.37. The molecule has 0 heterocycles. The van der Waals surface area contributed by atoms with Crippen LogP contribution in [0.2, 0.25) is 5.02 Å². The van der Waals surface area contributed by atoms with Gasteiger partial charge in [0, 0.05) is 19.5 Å². The number of hydrogen-bond donors (Lipinski definition) is 3. The van der Waals surface area contributed by atoms with Gasteiger partial charge in [-0.15, -0.1) is 0 Å². The van der Waals surface area contributed by atoms with E-state index in [1.54, 1.807) is 7.05 Å². The zero-order valence-electron chi connectivity index (χ0n) is 11.5. The summed E-state index contributed by atoms with van der Waals surface area (Å²) in [6.45, 7) is 3.47. The second kappa shape index (κ2) is 7.03. The molecule has 1 aromatic carbocycles. The fraction of sp³-hybridized carbons (Fsp3) is 0.417. The van der Waals surface area contributed by atoms with Gasteiger partial charge in [-0.25, -0.2) is 13.1 Å². The summed E-state index contributed by atoms with van der Waals surface area (Å²) in [6, 6.07) is 4.17. The number of sulfonamides is 1. The molecule has 0 aliphatic heterocycles. The minimum Gasteiger partial charge on any atom is -0.325 e. The third kappa shape index (κ3) is 4.75. The number of hydrogen-bond acceptors (Lipinski definition) is 4. The molecule has 0 saturated heterocycles. The van der Waals surface area contributed by atoms with Crippen LogP contribution >= 0.6 is 11.6 Å². The molecule has 20 heavy (non-hydrogen) atoms. The molecule has 0 aliphatic carbocycles. The lowest BCUT2D eigenvalue weighted by Gasteiger charge is -2.13. The predicted octanol–water partition coefficient (Wildman–Crippen LogP) is 1.18. The highest BCUT2D eigenvalue weighted by Crippen LogP contribution is 2.25. The molecular weight excluding hydrogens is 302 g/mol. The Morgan fingerprint density at radius 2 is 2.05 bits per heavy atom.